The zero-order chi connectivity index (χ0) is 25.8. The second-order valence-electron chi connectivity index (χ2n) is 8.17. The molecule has 35 heavy (non-hydrogen) atoms. The van der Waals surface area contributed by atoms with Crippen molar-refractivity contribution in [3.8, 4) is 23.3 Å². The largest absolute Gasteiger partial charge is 0.478 e. The lowest BCUT2D eigenvalue weighted by Crippen LogP contribution is -2.10. The Bertz CT molecular complexity index is 1290. The Balaban J connectivity index is 1.80. The number of ether oxygens (including phenoxy) is 1. The number of alkyl halides is 3. The van der Waals surface area contributed by atoms with Crippen LogP contribution in [0.25, 0.3) is 11.3 Å². The Hall–Kier alpha value is -3.81. The van der Waals surface area contributed by atoms with E-state index in [2.05, 4.69) is 25.3 Å². The lowest BCUT2D eigenvalue weighted by atomic mass is 9.99. The predicted octanol–water partition coefficient (Wildman–Crippen LogP) is 4.71. The molecule has 11 heteroatoms. The van der Waals surface area contributed by atoms with Crippen molar-refractivity contribution in [3.63, 3.8) is 0 Å². The van der Waals surface area contributed by atoms with Crippen molar-refractivity contribution >= 4 is 5.71 Å². The third-order valence-corrected chi connectivity index (χ3v) is 5.40. The number of halogens is 3. The van der Waals surface area contributed by atoms with Gasteiger partial charge in [-0.2, -0.15) is 33.6 Å². The number of pyridine rings is 1. The summed E-state index contributed by atoms with van der Waals surface area (Å²) in [6.07, 6.45) is -0.158. The van der Waals surface area contributed by atoms with Gasteiger partial charge >= 0.3 is 6.18 Å². The number of aromatic nitrogens is 5. The zero-order valence-corrected chi connectivity index (χ0v) is 20.2. The van der Waals surface area contributed by atoms with Gasteiger partial charge in [0.05, 0.1) is 23.6 Å². The third-order valence-electron chi connectivity index (χ3n) is 5.40. The summed E-state index contributed by atoms with van der Waals surface area (Å²) in [6.45, 7) is 7.85. The SMILES string of the molecule is CCOc1nc(C)cc(CC(CCc2cc(C)c(-c3cn(C)nc3C(F)(F)F)nn2)=NC#N)c1C. The fourth-order valence-electron chi connectivity index (χ4n) is 3.78. The lowest BCUT2D eigenvalue weighted by molar-refractivity contribution is -0.141. The third kappa shape index (κ3) is 6.20. The van der Waals surface area contributed by atoms with Crippen molar-refractivity contribution in [3.05, 3.63) is 52.1 Å². The molecule has 8 nitrogen and oxygen atoms in total. The highest BCUT2D eigenvalue weighted by atomic mass is 19.4. The van der Waals surface area contributed by atoms with Crippen molar-refractivity contribution in [2.45, 2.75) is 53.1 Å². The maximum absolute atomic E-state index is 13.4. The first-order valence-electron chi connectivity index (χ1n) is 11.0. The molecular formula is C24H26F3N7O. The summed E-state index contributed by atoms with van der Waals surface area (Å²) in [5.41, 5.74) is 3.46. The molecule has 0 bridgehead atoms. The summed E-state index contributed by atoms with van der Waals surface area (Å²) in [5.74, 6) is 0.560. The molecule has 3 aromatic rings. The van der Waals surface area contributed by atoms with Crippen molar-refractivity contribution in [2.24, 2.45) is 12.0 Å². The molecule has 0 aliphatic rings. The number of rotatable bonds is 8. The molecule has 0 N–H and O–H groups in total. The highest BCUT2D eigenvalue weighted by molar-refractivity contribution is 5.87. The molecule has 184 valence electrons. The minimum absolute atomic E-state index is 0.114. The van der Waals surface area contributed by atoms with E-state index in [1.165, 1.54) is 13.2 Å². The van der Waals surface area contributed by atoms with Gasteiger partial charge in [-0.25, -0.2) is 4.98 Å². The maximum atomic E-state index is 13.4. The number of hydrogen-bond acceptors (Lipinski definition) is 7. The zero-order valence-electron chi connectivity index (χ0n) is 20.2. The van der Waals surface area contributed by atoms with E-state index >= 15 is 0 Å². The van der Waals surface area contributed by atoms with Crippen LogP contribution in [0, 0.1) is 32.2 Å². The van der Waals surface area contributed by atoms with Gasteiger partial charge in [0, 0.05) is 36.6 Å². The average molecular weight is 486 g/mol. The van der Waals surface area contributed by atoms with Crippen LogP contribution < -0.4 is 4.74 Å². The average Bonchev–Trinajstić information content (AvgIpc) is 3.17. The van der Waals surface area contributed by atoms with E-state index < -0.39 is 11.9 Å². The van der Waals surface area contributed by atoms with Crippen LogP contribution in [0.15, 0.2) is 23.3 Å². The molecule has 3 heterocycles. The van der Waals surface area contributed by atoms with Crippen LogP contribution in [0.3, 0.4) is 0 Å². The topological polar surface area (TPSA) is 102 Å². The molecule has 0 aliphatic heterocycles. The minimum atomic E-state index is -4.60. The van der Waals surface area contributed by atoms with Gasteiger partial charge in [0.15, 0.2) is 5.69 Å². The number of hydrogen-bond donors (Lipinski definition) is 0. The van der Waals surface area contributed by atoms with E-state index in [4.69, 9.17) is 4.74 Å². The smallest absolute Gasteiger partial charge is 0.435 e. The second kappa shape index (κ2) is 10.6. The van der Waals surface area contributed by atoms with E-state index in [1.807, 2.05) is 33.0 Å². The maximum Gasteiger partial charge on any atom is 0.435 e. The van der Waals surface area contributed by atoms with Gasteiger partial charge in [0.1, 0.15) is 0 Å². The molecule has 0 saturated carbocycles. The molecular weight excluding hydrogens is 459 g/mol. The fraction of sp³-hybridized carbons (Fsp3) is 0.417. The molecule has 0 aliphatic carbocycles. The summed E-state index contributed by atoms with van der Waals surface area (Å²) in [6, 6.07) is 3.64. The van der Waals surface area contributed by atoms with Gasteiger partial charge in [-0.1, -0.05) is 0 Å². The molecule has 0 fully saturated rings. The van der Waals surface area contributed by atoms with Crippen LogP contribution in [0.2, 0.25) is 0 Å². The number of aryl methyl sites for hydroxylation is 4. The molecule has 0 spiro atoms. The fourth-order valence-corrected chi connectivity index (χ4v) is 3.78. The molecule has 3 aromatic heterocycles. The molecule has 0 amide bonds. The standard InChI is InChI=1S/C24H26F3N7O/c1-6-35-23-16(4)17(10-15(3)30-23)11-18(29-13-28)7-8-19-9-14(2)21(32-31-19)20-12-34(5)33-22(20)24(25,26)27/h9-10,12H,6-8,11H2,1-5H3. The first kappa shape index (κ1) is 25.8. The lowest BCUT2D eigenvalue weighted by Gasteiger charge is -2.13. The number of nitrogens with zero attached hydrogens (tertiary/aromatic N) is 7. The van der Waals surface area contributed by atoms with Crippen molar-refractivity contribution in [2.75, 3.05) is 6.61 Å². The van der Waals surface area contributed by atoms with E-state index in [9.17, 15) is 18.4 Å². The molecule has 0 aromatic carbocycles. The van der Waals surface area contributed by atoms with Gasteiger partial charge in [-0.05, 0) is 63.8 Å². The Kier molecular flexibility index (Phi) is 7.84. The van der Waals surface area contributed by atoms with E-state index in [1.54, 1.807) is 13.0 Å². The number of aliphatic imine (C=N–C) groups is 1. The Morgan fingerprint density at radius 3 is 2.57 bits per heavy atom. The normalized spacial score (nSPS) is 12.0. The molecule has 0 atom stereocenters. The van der Waals surface area contributed by atoms with Crippen LogP contribution in [-0.4, -0.2) is 37.3 Å². The molecule has 0 radical (unpaired) electrons. The Morgan fingerprint density at radius 1 is 1.20 bits per heavy atom. The monoisotopic (exact) mass is 485 g/mol. The first-order chi connectivity index (χ1) is 16.5. The molecule has 3 rings (SSSR count). The minimum Gasteiger partial charge on any atom is -0.478 e. The number of nitriles is 1. The summed E-state index contributed by atoms with van der Waals surface area (Å²) in [7, 11) is 1.43. The van der Waals surface area contributed by atoms with Gasteiger partial charge in [-0.15, -0.1) is 5.10 Å². The Morgan fingerprint density at radius 2 is 1.94 bits per heavy atom. The van der Waals surface area contributed by atoms with Crippen molar-refractivity contribution in [1.82, 2.24) is 25.0 Å². The van der Waals surface area contributed by atoms with Gasteiger partial charge in [-0.3, -0.25) is 4.68 Å². The quantitative estimate of drug-likeness (QED) is 0.338. The van der Waals surface area contributed by atoms with E-state index in [-0.39, 0.29) is 11.3 Å². The van der Waals surface area contributed by atoms with Crippen molar-refractivity contribution < 1.29 is 17.9 Å². The Labute approximate surface area is 201 Å². The highest BCUT2D eigenvalue weighted by Gasteiger charge is 2.38. The van der Waals surface area contributed by atoms with Crippen LogP contribution >= 0.6 is 0 Å². The van der Waals surface area contributed by atoms with Gasteiger partial charge in [0.2, 0.25) is 12.1 Å². The van der Waals surface area contributed by atoms with Gasteiger partial charge in [0.25, 0.3) is 0 Å². The summed E-state index contributed by atoms with van der Waals surface area (Å²) >= 11 is 0. The molecule has 0 saturated heterocycles. The summed E-state index contributed by atoms with van der Waals surface area (Å²) in [4.78, 5) is 8.40. The first-order valence-corrected chi connectivity index (χ1v) is 11.0. The highest BCUT2D eigenvalue weighted by Crippen LogP contribution is 2.36. The summed E-state index contributed by atoms with van der Waals surface area (Å²) in [5, 5.41) is 20.9. The van der Waals surface area contributed by atoms with Crippen LogP contribution in [0.1, 0.15) is 47.1 Å². The van der Waals surface area contributed by atoms with Gasteiger partial charge < -0.3 is 4.74 Å². The van der Waals surface area contributed by atoms with Crippen LogP contribution in [-0.2, 0) is 26.1 Å². The summed E-state index contributed by atoms with van der Waals surface area (Å²) < 4.78 is 46.8. The second-order valence-corrected chi connectivity index (χ2v) is 8.17. The van der Waals surface area contributed by atoms with Crippen molar-refractivity contribution in [1.29, 1.82) is 5.26 Å². The predicted molar refractivity (Wildman–Crippen MR) is 124 cm³/mol. The molecule has 0 unspecified atom stereocenters. The van der Waals surface area contributed by atoms with Crippen LogP contribution in [0.5, 0.6) is 5.88 Å². The van der Waals surface area contributed by atoms with E-state index in [0.29, 0.717) is 48.7 Å². The van der Waals surface area contributed by atoms with E-state index in [0.717, 1.165) is 21.5 Å². The van der Waals surface area contributed by atoms with Crippen LogP contribution in [0.4, 0.5) is 13.2 Å².